The number of hydrogen-bond acceptors (Lipinski definition) is 13. The Labute approximate surface area is 359 Å². The molecule has 10 rings (SSSR count). The van der Waals surface area contributed by atoms with Crippen molar-refractivity contribution in [3.8, 4) is 0 Å². The number of aromatic nitrogens is 6. The van der Waals surface area contributed by atoms with E-state index in [9.17, 15) is 28.8 Å². The number of aryl methyl sites for hydroxylation is 1. The van der Waals surface area contributed by atoms with Gasteiger partial charge in [-0.15, -0.1) is 5.10 Å². The van der Waals surface area contributed by atoms with E-state index < -0.39 is 41.5 Å². The van der Waals surface area contributed by atoms with Gasteiger partial charge in [0, 0.05) is 72.9 Å². The number of nitrogens with one attached hydrogen (secondary N) is 4. The van der Waals surface area contributed by atoms with E-state index in [0.717, 1.165) is 54.7 Å². The van der Waals surface area contributed by atoms with Crippen LogP contribution in [0.15, 0.2) is 79.1 Å². The SMILES string of the molecule is O=C1CCC(N2C(=O)c3cccc(NCc4cn(CCCCCN5CCN(c6nc(C7=C(c8c[nH]c9ccccc89)C(=O)NC7=O)c7ccccc7n6)CC5)nn4)c3C2=O)C(=O)N1. The molecule has 0 aliphatic carbocycles. The number of benzene rings is 3. The Morgan fingerprint density at radius 2 is 1.51 bits per heavy atom. The molecule has 0 spiro atoms. The Morgan fingerprint density at radius 1 is 0.730 bits per heavy atom. The number of amides is 6. The third-order valence-electron chi connectivity index (χ3n) is 12.1. The smallest absolute Gasteiger partial charge is 0.264 e. The molecule has 4 aliphatic rings. The monoisotopic (exact) mass is 846 g/mol. The molecule has 63 heavy (non-hydrogen) atoms. The zero-order valence-corrected chi connectivity index (χ0v) is 34.1. The molecule has 4 N–H and O–H groups in total. The van der Waals surface area contributed by atoms with Crippen molar-refractivity contribution in [3.05, 3.63) is 107 Å². The lowest BCUT2D eigenvalue weighted by Gasteiger charge is -2.35. The molecule has 1 atom stereocenters. The van der Waals surface area contributed by atoms with E-state index >= 15 is 0 Å². The summed E-state index contributed by atoms with van der Waals surface area (Å²) in [6.07, 6.45) is 6.68. The summed E-state index contributed by atoms with van der Waals surface area (Å²) >= 11 is 0. The van der Waals surface area contributed by atoms with Gasteiger partial charge < -0.3 is 15.2 Å². The fourth-order valence-electron chi connectivity index (χ4n) is 8.95. The molecule has 1 unspecified atom stereocenters. The van der Waals surface area contributed by atoms with Gasteiger partial charge in [0.15, 0.2) is 0 Å². The maximum absolute atomic E-state index is 13.5. The van der Waals surface area contributed by atoms with E-state index in [2.05, 4.69) is 41.0 Å². The highest BCUT2D eigenvalue weighted by molar-refractivity contribution is 6.50. The van der Waals surface area contributed by atoms with Crippen LogP contribution in [-0.2, 0) is 32.3 Å². The van der Waals surface area contributed by atoms with Gasteiger partial charge in [-0.3, -0.25) is 53.9 Å². The summed E-state index contributed by atoms with van der Waals surface area (Å²) in [5.41, 5.74) is 4.71. The van der Waals surface area contributed by atoms with Crippen molar-refractivity contribution in [1.82, 2.24) is 50.4 Å². The predicted octanol–water partition coefficient (Wildman–Crippen LogP) is 3.28. The molecular formula is C45H42N12O6. The highest BCUT2D eigenvalue weighted by atomic mass is 16.2. The van der Waals surface area contributed by atoms with E-state index in [1.165, 1.54) is 0 Å². The zero-order chi connectivity index (χ0) is 43.2. The number of carbonyl (C=O) groups excluding carboxylic acids is 6. The molecular weight excluding hydrogens is 805 g/mol. The lowest BCUT2D eigenvalue weighted by atomic mass is 9.97. The van der Waals surface area contributed by atoms with Gasteiger partial charge in [0.2, 0.25) is 17.8 Å². The normalized spacial score (nSPS) is 18.3. The first-order valence-corrected chi connectivity index (χ1v) is 21.1. The fourth-order valence-corrected chi connectivity index (χ4v) is 8.95. The standard InChI is InChI=1S/C45H42N12O6/c58-35-16-15-34(40(59)49-35)57-43(62)29-11-8-14-33(36(29)44(57)63)46-23-26-25-56(53-52-26)18-7-1-6-17-54-19-21-55(22-20-54)45-48-32-13-5-3-10-28(32)39(50-45)38-37(41(60)51-42(38)61)30-24-47-31-12-4-2-9-27(30)31/h2-5,8-14,24-25,34,46-47H,1,6-7,15-23H2,(H,49,58,59)(H,51,60,61). The molecule has 2 saturated heterocycles. The quantitative estimate of drug-likeness (QED) is 0.0970. The number of rotatable bonds is 13. The molecule has 318 valence electrons. The van der Waals surface area contributed by atoms with Crippen molar-refractivity contribution in [2.45, 2.75) is 51.2 Å². The van der Waals surface area contributed by atoms with E-state index in [0.29, 0.717) is 64.7 Å². The summed E-state index contributed by atoms with van der Waals surface area (Å²) in [6, 6.07) is 19.2. The van der Waals surface area contributed by atoms with Crippen LogP contribution in [0, 0.1) is 0 Å². The molecule has 3 aromatic heterocycles. The van der Waals surface area contributed by atoms with Crippen molar-refractivity contribution in [1.29, 1.82) is 0 Å². The van der Waals surface area contributed by atoms with Crippen LogP contribution in [0.3, 0.4) is 0 Å². The number of H-pyrrole nitrogens is 1. The summed E-state index contributed by atoms with van der Waals surface area (Å²) in [6.45, 7) is 4.98. The Bertz CT molecular complexity index is 2910. The molecule has 3 aromatic carbocycles. The van der Waals surface area contributed by atoms with Crippen molar-refractivity contribution < 1.29 is 28.8 Å². The topological polar surface area (TPSA) is 221 Å². The van der Waals surface area contributed by atoms with Gasteiger partial charge in [-0.05, 0) is 50.1 Å². The average molecular weight is 847 g/mol. The lowest BCUT2D eigenvalue weighted by Crippen LogP contribution is -2.54. The Kier molecular flexibility index (Phi) is 10.3. The van der Waals surface area contributed by atoms with Gasteiger partial charge in [-0.2, -0.15) is 0 Å². The third-order valence-corrected chi connectivity index (χ3v) is 12.1. The highest BCUT2D eigenvalue weighted by Crippen LogP contribution is 2.38. The Balaban J connectivity index is 0.722. The average Bonchev–Trinajstić information content (AvgIpc) is 4.06. The summed E-state index contributed by atoms with van der Waals surface area (Å²) in [5, 5.41) is 18.1. The number of piperidine rings is 1. The third kappa shape index (κ3) is 7.37. The van der Waals surface area contributed by atoms with Crippen molar-refractivity contribution >= 4 is 80.0 Å². The first-order chi connectivity index (χ1) is 30.7. The number of para-hydroxylation sites is 2. The molecule has 6 amide bonds. The lowest BCUT2D eigenvalue weighted by molar-refractivity contribution is -0.136. The minimum Gasteiger partial charge on any atom is -0.379 e. The maximum Gasteiger partial charge on any atom is 0.264 e. The van der Waals surface area contributed by atoms with Crippen LogP contribution in [-0.4, -0.2) is 114 Å². The van der Waals surface area contributed by atoms with Gasteiger partial charge in [0.25, 0.3) is 23.6 Å². The molecule has 6 aromatic rings. The van der Waals surface area contributed by atoms with Crippen molar-refractivity contribution in [3.63, 3.8) is 0 Å². The molecule has 0 radical (unpaired) electrons. The molecule has 18 nitrogen and oxygen atoms in total. The Hall–Kier alpha value is -7.60. The van der Waals surface area contributed by atoms with Crippen LogP contribution in [0.2, 0.25) is 0 Å². The van der Waals surface area contributed by atoms with E-state index in [4.69, 9.17) is 9.97 Å². The first-order valence-electron chi connectivity index (χ1n) is 21.1. The van der Waals surface area contributed by atoms with Crippen molar-refractivity contribution in [2.75, 3.05) is 42.9 Å². The number of fused-ring (bicyclic) bond motifs is 3. The molecule has 7 heterocycles. The number of aromatic amines is 1. The van der Waals surface area contributed by atoms with Gasteiger partial charge in [-0.1, -0.05) is 54.1 Å². The van der Waals surface area contributed by atoms with Crippen LogP contribution in [0.4, 0.5) is 11.6 Å². The maximum atomic E-state index is 13.5. The van der Waals surface area contributed by atoms with Crippen LogP contribution in [0.25, 0.3) is 33.0 Å². The number of imide groups is 3. The summed E-state index contributed by atoms with van der Waals surface area (Å²) in [5.74, 6) is -2.61. The number of piperazine rings is 1. The van der Waals surface area contributed by atoms with Gasteiger partial charge in [0.1, 0.15) is 11.7 Å². The summed E-state index contributed by atoms with van der Waals surface area (Å²) < 4.78 is 1.80. The number of hydrogen-bond donors (Lipinski definition) is 4. The molecule has 4 aliphatic heterocycles. The zero-order valence-electron chi connectivity index (χ0n) is 34.1. The van der Waals surface area contributed by atoms with Crippen LogP contribution in [0.5, 0.6) is 0 Å². The van der Waals surface area contributed by atoms with E-state index in [1.807, 2.05) is 54.7 Å². The van der Waals surface area contributed by atoms with Crippen LogP contribution in [0.1, 0.15) is 69.8 Å². The summed E-state index contributed by atoms with van der Waals surface area (Å²) in [7, 11) is 0. The summed E-state index contributed by atoms with van der Waals surface area (Å²) in [4.78, 5) is 96.2. The fraction of sp³-hybridized carbons (Fsp3) is 0.289. The molecule has 0 saturated carbocycles. The largest absolute Gasteiger partial charge is 0.379 e. The van der Waals surface area contributed by atoms with Gasteiger partial charge in [-0.25, -0.2) is 9.97 Å². The second-order valence-electron chi connectivity index (χ2n) is 16.1. The van der Waals surface area contributed by atoms with Crippen LogP contribution >= 0.6 is 0 Å². The minimum atomic E-state index is -1.03. The highest BCUT2D eigenvalue weighted by Gasteiger charge is 2.45. The Morgan fingerprint density at radius 3 is 2.35 bits per heavy atom. The van der Waals surface area contributed by atoms with Gasteiger partial charge in [0.05, 0.1) is 46.2 Å². The first kappa shape index (κ1) is 39.5. The van der Waals surface area contributed by atoms with Crippen molar-refractivity contribution in [2.24, 2.45) is 0 Å². The number of nitrogens with zero attached hydrogens (tertiary/aromatic N) is 8. The minimum absolute atomic E-state index is 0.0538. The molecule has 2 fully saturated rings. The number of unbranched alkanes of at least 4 members (excludes halogenated alkanes) is 2. The van der Waals surface area contributed by atoms with Gasteiger partial charge >= 0.3 is 0 Å². The molecule has 18 heteroatoms. The number of anilines is 2. The van der Waals surface area contributed by atoms with E-state index in [-0.39, 0.29) is 36.1 Å². The number of carbonyl (C=O) groups is 6. The van der Waals surface area contributed by atoms with Crippen LogP contribution < -0.4 is 20.9 Å². The van der Waals surface area contributed by atoms with E-state index in [1.54, 1.807) is 29.1 Å². The second-order valence-corrected chi connectivity index (χ2v) is 16.1. The second kappa shape index (κ2) is 16.4. The molecule has 0 bridgehead atoms. The predicted molar refractivity (Wildman–Crippen MR) is 231 cm³/mol.